The zero-order valence-corrected chi connectivity index (χ0v) is 22.6. The summed E-state index contributed by atoms with van der Waals surface area (Å²) in [6, 6.07) is 10.3. The molecule has 0 saturated carbocycles. The van der Waals surface area contributed by atoms with Gasteiger partial charge >= 0.3 is 0 Å². The standard InChI is InChI=1S/C29H37N2O4/c1-18-12-11-13-19(2)26(18)29(27-22(32-7)14-20(30(3)4)15-23(27)33-8)28-24(34-9)16-21(31(5)6)17-25(28)35-10/h11-17H,1-10H3/q+1. The van der Waals surface area contributed by atoms with Gasteiger partial charge in [0.2, 0.25) is 5.71 Å². The summed E-state index contributed by atoms with van der Waals surface area (Å²) < 4.78 is 25.9. The van der Waals surface area contributed by atoms with Crippen molar-refractivity contribution in [3.05, 3.63) is 81.8 Å². The quantitative estimate of drug-likeness (QED) is 0.527. The first-order valence-electron chi connectivity index (χ1n) is 11.5. The Hall–Kier alpha value is -3.67. The number of aryl methyl sites for hydroxylation is 2. The van der Waals surface area contributed by atoms with Gasteiger partial charge < -0.3 is 23.8 Å². The number of allylic oxidation sites excluding steroid dienone is 2. The Morgan fingerprint density at radius 1 is 0.743 bits per heavy atom. The molecule has 0 spiro atoms. The van der Waals surface area contributed by atoms with Gasteiger partial charge in [-0.25, -0.2) is 4.58 Å². The Labute approximate surface area is 209 Å². The molecule has 1 aliphatic carbocycles. The second-order valence-corrected chi connectivity index (χ2v) is 8.88. The number of hydrogen-bond acceptors (Lipinski definition) is 5. The summed E-state index contributed by atoms with van der Waals surface area (Å²) in [5.74, 6) is 2.80. The van der Waals surface area contributed by atoms with Gasteiger partial charge in [0.1, 0.15) is 37.1 Å². The largest absolute Gasteiger partial charge is 0.496 e. The van der Waals surface area contributed by atoms with Crippen LogP contribution in [0.3, 0.4) is 0 Å². The average Bonchev–Trinajstić information content (AvgIpc) is 2.84. The average molecular weight is 478 g/mol. The van der Waals surface area contributed by atoms with E-state index < -0.39 is 0 Å². The molecule has 0 bridgehead atoms. The summed E-state index contributed by atoms with van der Waals surface area (Å²) in [6.07, 6.45) is 4.05. The lowest BCUT2D eigenvalue weighted by Gasteiger charge is -2.27. The zero-order chi connectivity index (χ0) is 25.9. The highest BCUT2D eigenvalue weighted by atomic mass is 16.5. The van der Waals surface area contributed by atoms with Gasteiger partial charge in [-0.15, -0.1) is 0 Å². The number of rotatable bonds is 7. The summed E-state index contributed by atoms with van der Waals surface area (Å²) in [4.78, 5) is 2.03. The Morgan fingerprint density at radius 3 is 1.60 bits per heavy atom. The van der Waals surface area contributed by atoms with Gasteiger partial charge in [-0.2, -0.15) is 0 Å². The van der Waals surface area contributed by atoms with Crippen LogP contribution in [0.15, 0.2) is 59.6 Å². The molecule has 0 radical (unpaired) electrons. The monoisotopic (exact) mass is 477 g/mol. The van der Waals surface area contributed by atoms with Crippen LogP contribution in [-0.4, -0.2) is 66.9 Å². The highest BCUT2D eigenvalue weighted by Crippen LogP contribution is 2.47. The number of methoxy groups -OCH3 is 4. The normalized spacial score (nSPS) is 13.1. The van der Waals surface area contributed by atoms with Gasteiger partial charge in [0.25, 0.3) is 0 Å². The molecule has 0 aromatic heterocycles. The van der Waals surface area contributed by atoms with Crippen molar-refractivity contribution in [2.75, 3.05) is 61.5 Å². The van der Waals surface area contributed by atoms with Crippen LogP contribution in [0.2, 0.25) is 0 Å². The molecule has 35 heavy (non-hydrogen) atoms. The Morgan fingerprint density at radius 2 is 1.23 bits per heavy atom. The zero-order valence-electron chi connectivity index (χ0n) is 22.6. The van der Waals surface area contributed by atoms with Crippen LogP contribution in [0.5, 0.6) is 11.5 Å². The SMILES string of the molecule is COC1=CC(=[N+](C)C)C=C(OC)C1=C(c1c(C)cccc1C)c1c(OC)cc(N(C)C)cc1OC. The molecule has 0 unspecified atom stereocenters. The molecule has 2 aromatic carbocycles. The fourth-order valence-corrected chi connectivity index (χ4v) is 4.39. The maximum atomic E-state index is 5.97. The van der Waals surface area contributed by atoms with Gasteiger partial charge in [-0.1, -0.05) is 18.2 Å². The summed E-state index contributed by atoms with van der Waals surface area (Å²) in [5, 5.41) is 0. The van der Waals surface area contributed by atoms with E-state index in [4.69, 9.17) is 18.9 Å². The lowest BCUT2D eigenvalue weighted by Crippen LogP contribution is -2.18. The molecule has 0 N–H and O–H groups in total. The molecule has 0 amide bonds. The minimum Gasteiger partial charge on any atom is -0.496 e. The van der Waals surface area contributed by atoms with Gasteiger partial charge in [0.15, 0.2) is 0 Å². The molecule has 0 atom stereocenters. The maximum absolute atomic E-state index is 5.97. The van der Waals surface area contributed by atoms with Crippen molar-refractivity contribution in [1.29, 1.82) is 0 Å². The minimum atomic E-state index is 0.700. The Bertz CT molecular complexity index is 1170. The van der Waals surface area contributed by atoms with Crippen molar-refractivity contribution < 1.29 is 23.5 Å². The summed E-state index contributed by atoms with van der Waals surface area (Å²) in [5.41, 5.74) is 7.90. The fourth-order valence-electron chi connectivity index (χ4n) is 4.39. The number of anilines is 1. The molecule has 0 heterocycles. The van der Waals surface area contributed by atoms with Crippen molar-refractivity contribution in [2.24, 2.45) is 0 Å². The van der Waals surface area contributed by atoms with E-state index in [0.717, 1.165) is 44.8 Å². The maximum Gasteiger partial charge on any atom is 0.206 e. The van der Waals surface area contributed by atoms with Crippen LogP contribution >= 0.6 is 0 Å². The van der Waals surface area contributed by atoms with E-state index in [1.807, 2.05) is 62.0 Å². The predicted molar refractivity (Wildman–Crippen MR) is 143 cm³/mol. The molecule has 6 heteroatoms. The molecule has 0 fully saturated rings. The summed E-state index contributed by atoms with van der Waals surface area (Å²) in [7, 11) is 14.7. The highest BCUT2D eigenvalue weighted by molar-refractivity contribution is 6.06. The molecular weight excluding hydrogens is 440 g/mol. The number of ether oxygens (including phenoxy) is 4. The Kier molecular flexibility index (Phi) is 7.95. The van der Waals surface area contributed by atoms with E-state index in [-0.39, 0.29) is 0 Å². The van der Waals surface area contributed by atoms with Gasteiger partial charge in [-0.3, -0.25) is 0 Å². The van der Waals surface area contributed by atoms with Crippen LogP contribution in [-0.2, 0) is 9.47 Å². The lowest BCUT2D eigenvalue weighted by atomic mass is 9.83. The molecule has 6 nitrogen and oxygen atoms in total. The first kappa shape index (κ1) is 25.9. The van der Waals surface area contributed by atoms with Crippen LogP contribution in [0.1, 0.15) is 22.3 Å². The van der Waals surface area contributed by atoms with Crippen molar-refractivity contribution in [1.82, 2.24) is 0 Å². The third-order valence-corrected chi connectivity index (χ3v) is 6.25. The second kappa shape index (κ2) is 10.7. The predicted octanol–water partition coefficient (Wildman–Crippen LogP) is 4.98. The molecule has 1 aliphatic rings. The molecule has 0 aliphatic heterocycles. The lowest BCUT2D eigenvalue weighted by molar-refractivity contribution is -0.462. The van der Waals surface area contributed by atoms with Gasteiger partial charge in [0, 0.05) is 37.5 Å². The number of benzene rings is 2. The molecule has 186 valence electrons. The molecule has 2 aromatic rings. The van der Waals surface area contributed by atoms with Crippen LogP contribution in [0, 0.1) is 13.8 Å². The second-order valence-electron chi connectivity index (χ2n) is 8.88. The molecule has 3 rings (SSSR count). The van der Waals surface area contributed by atoms with Gasteiger partial charge in [-0.05, 0) is 30.5 Å². The van der Waals surface area contributed by atoms with Crippen LogP contribution in [0.25, 0.3) is 5.57 Å². The van der Waals surface area contributed by atoms with Gasteiger partial charge in [0.05, 0.1) is 51.7 Å². The van der Waals surface area contributed by atoms with E-state index >= 15 is 0 Å². The van der Waals surface area contributed by atoms with Crippen LogP contribution < -0.4 is 14.4 Å². The fraction of sp³-hybridized carbons (Fsp3) is 0.345. The van der Waals surface area contributed by atoms with E-state index in [1.165, 1.54) is 0 Å². The first-order chi connectivity index (χ1) is 16.7. The smallest absolute Gasteiger partial charge is 0.206 e. The number of nitrogens with zero attached hydrogens (tertiary/aromatic N) is 2. The van der Waals surface area contributed by atoms with Crippen LogP contribution in [0.4, 0.5) is 5.69 Å². The summed E-state index contributed by atoms with van der Waals surface area (Å²) in [6.45, 7) is 4.23. The van der Waals surface area contributed by atoms with Crippen molar-refractivity contribution in [3.8, 4) is 11.5 Å². The Balaban J connectivity index is 2.61. The van der Waals surface area contributed by atoms with Crippen molar-refractivity contribution >= 4 is 17.0 Å². The molecule has 0 saturated heterocycles. The summed E-state index contributed by atoms with van der Waals surface area (Å²) >= 11 is 0. The van der Waals surface area contributed by atoms with E-state index in [0.29, 0.717) is 23.0 Å². The van der Waals surface area contributed by atoms with E-state index in [2.05, 4.69) is 32.0 Å². The minimum absolute atomic E-state index is 0.700. The third kappa shape index (κ3) is 4.92. The van der Waals surface area contributed by atoms with E-state index in [1.54, 1.807) is 28.4 Å². The molecular formula is C29H37N2O4+. The third-order valence-electron chi connectivity index (χ3n) is 6.25. The number of hydrogen-bond donors (Lipinski definition) is 0. The van der Waals surface area contributed by atoms with Crippen molar-refractivity contribution in [2.45, 2.75) is 13.8 Å². The van der Waals surface area contributed by atoms with E-state index in [9.17, 15) is 0 Å². The highest BCUT2D eigenvalue weighted by Gasteiger charge is 2.31. The first-order valence-corrected chi connectivity index (χ1v) is 11.5. The van der Waals surface area contributed by atoms with Crippen molar-refractivity contribution in [3.63, 3.8) is 0 Å². The topological polar surface area (TPSA) is 43.2 Å².